The van der Waals surface area contributed by atoms with E-state index in [1.54, 1.807) is 56.0 Å². The van der Waals surface area contributed by atoms with Gasteiger partial charge in [-0.05, 0) is 69.3 Å². The molecule has 1 aliphatic heterocycles. The number of rotatable bonds is 5. The summed E-state index contributed by atoms with van der Waals surface area (Å²) in [6.07, 6.45) is 3.18. The molecule has 3 N–H and O–H groups in total. The highest BCUT2D eigenvalue weighted by Crippen LogP contribution is 2.60. The lowest BCUT2D eigenvalue weighted by atomic mass is 9.71. The second-order valence-electron chi connectivity index (χ2n) is 11.9. The number of aromatic nitrogens is 5. The van der Waals surface area contributed by atoms with Gasteiger partial charge in [0.05, 0.1) is 64.8 Å². The number of ketones is 1. The second-order valence-corrected chi connectivity index (χ2v) is 11.9. The second kappa shape index (κ2) is 10.1. The third-order valence-electron chi connectivity index (χ3n) is 9.20. The van der Waals surface area contributed by atoms with Gasteiger partial charge in [0.15, 0.2) is 11.4 Å². The molecule has 1 aliphatic carbocycles. The van der Waals surface area contributed by atoms with Crippen LogP contribution in [0.1, 0.15) is 45.6 Å². The highest BCUT2D eigenvalue weighted by atomic mass is 16.5. The molecule has 8 rings (SSSR count). The zero-order chi connectivity index (χ0) is 33.6. The van der Waals surface area contributed by atoms with Gasteiger partial charge in [0, 0.05) is 11.6 Å². The molecular formula is C35H27N5O8. The van der Waals surface area contributed by atoms with Crippen molar-refractivity contribution in [3.05, 3.63) is 115 Å². The standard InChI is InChI=1S/C35H27N5O8/c1-16-28(41)26(22-12-11-21-32(36-22)39(34(45)37-33(21)44)15-20-6-5-13-47-20)30-27(29(16)42)35(3)24(48-30)14-23-25(31(35)43)17(2)38-40(23)18-7-9-19(46-4)10-8-18/h5-14,41-42H,15H2,1-4H3,(H,37,44,45). The molecule has 0 radical (unpaired) electrons. The Labute approximate surface area is 270 Å². The van der Waals surface area contributed by atoms with Crippen LogP contribution >= 0.6 is 0 Å². The maximum atomic E-state index is 14.5. The minimum atomic E-state index is -1.48. The monoisotopic (exact) mass is 645 g/mol. The van der Waals surface area contributed by atoms with E-state index in [-0.39, 0.29) is 68.8 Å². The average molecular weight is 646 g/mol. The van der Waals surface area contributed by atoms with Gasteiger partial charge in [0.2, 0.25) is 0 Å². The molecule has 13 heteroatoms. The zero-order valence-corrected chi connectivity index (χ0v) is 26.1. The Morgan fingerprint density at radius 3 is 2.48 bits per heavy atom. The number of nitrogens with one attached hydrogen (secondary N) is 1. The Bertz CT molecular complexity index is 2500. The normalized spacial score (nSPS) is 16.3. The number of methoxy groups -OCH3 is 1. The Kier molecular flexibility index (Phi) is 6.09. The number of carbonyl (C=O) groups is 1. The van der Waals surface area contributed by atoms with Crippen LogP contribution < -0.4 is 20.7 Å². The molecule has 4 aromatic heterocycles. The summed E-state index contributed by atoms with van der Waals surface area (Å²) in [6.45, 7) is 4.90. The molecule has 13 nitrogen and oxygen atoms in total. The lowest BCUT2D eigenvalue weighted by Gasteiger charge is -2.27. The maximum absolute atomic E-state index is 14.5. The number of hydrogen-bond donors (Lipinski definition) is 3. The van der Waals surface area contributed by atoms with Crippen LogP contribution in [-0.2, 0) is 12.0 Å². The first kappa shape index (κ1) is 29.1. The fourth-order valence-corrected chi connectivity index (χ4v) is 6.62. The summed E-state index contributed by atoms with van der Waals surface area (Å²) < 4.78 is 20.0. The van der Waals surface area contributed by atoms with Crippen LogP contribution in [0.4, 0.5) is 0 Å². The first-order chi connectivity index (χ1) is 23.0. The van der Waals surface area contributed by atoms with Gasteiger partial charge >= 0.3 is 5.69 Å². The van der Waals surface area contributed by atoms with Crippen LogP contribution in [0.25, 0.3) is 34.1 Å². The molecule has 2 aliphatic rings. The number of allylic oxidation sites excluding steroid dienone is 1. The number of Topliss-reactive ketones (excluding diaryl/α,β-unsaturated/α-hetero) is 1. The highest BCUT2D eigenvalue weighted by Gasteiger charge is 2.55. The third-order valence-corrected chi connectivity index (χ3v) is 9.20. The van der Waals surface area contributed by atoms with Crippen molar-refractivity contribution < 1.29 is 28.9 Å². The van der Waals surface area contributed by atoms with E-state index in [4.69, 9.17) is 13.9 Å². The minimum absolute atomic E-state index is 0.0208. The smallest absolute Gasteiger partial charge is 0.330 e. The van der Waals surface area contributed by atoms with Gasteiger partial charge < -0.3 is 24.1 Å². The van der Waals surface area contributed by atoms with Crippen molar-refractivity contribution in [3.63, 3.8) is 0 Å². The molecule has 2 aromatic carbocycles. The highest BCUT2D eigenvalue weighted by molar-refractivity contribution is 6.14. The maximum Gasteiger partial charge on any atom is 0.330 e. The van der Waals surface area contributed by atoms with Gasteiger partial charge in [0.1, 0.15) is 39.9 Å². The summed E-state index contributed by atoms with van der Waals surface area (Å²) in [4.78, 5) is 47.2. The molecule has 1 atom stereocenters. The van der Waals surface area contributed by atoms with E-state index in [2.05, 4.69) is 15.1 Å². The van der Waals surface area contributed by atoms with E-state index < -0.39 is 16.7 Å². The minimum Gasteiger partial charge on any atom is -0.507 e. The third kappa shape index (κ3) is 3.87. The van der Waals surface area contributed by atoms with Gasteiger partial charge in [-0.3, -0.25) is 19.1 Å². The Morgan fingerprint density at radius 1 is 1.00 bits per heavy atom. The first-order valence-electron chi connectivity index (χ1n) is 15.0. The number of aryl methyl sites for hydroxylation is 1. The number of H-pyrrole nitrogens is 1. The van der Waals surface area contributed by atoms with Crippen LogP contribution in [0.15, 0.2) is 74.6 Å². The topological polar surface area (TPSA) is 175 Å². The number of furan rings is 1. The van der Waals surface area contributed by atoms with Crippen molar-refractivity contribution in [2.75, 3.05) is 7.11 Å². The molecule has 48 heavy (non-hydrogen) atoms. The van der Waals surface area contributed by atoms with Crippen LogP contribution in [0.3, 0.4) is 0 Å². The molecule has 0 spiro atoms. The summed E-state index contributed by atoms with van der Waals surface area (Å²) in [7, 11) is 1.57. The molecule has 0 saturated carbocycles. The van der Waals surface area contributed by atoms with Crippen molar-refractivity contribution in [1.82, 2.24) is 24.3 Å². The van der Waals surface area contributed by atoms with Crippen molar-refractivity contribution in [3.8, 4) is 39.9 Å². The molecule has 6 aromatic rings. The molecule has 240 valence electrons. The van der Waals surface area contributed by atoms with E-state index in [1.165, 1.54) is 29.9 Å². The van der Waals surface area contributed by atoms with E-state index in [0.717, 1.165) is 0 Å². The first-order valence-corrected chi connectivity index (χ1v) is 15.0. The number of carbonyl (C=O) groups excluding carboxylic acids is 1. The van der Waals surface area contributed by atoms with Crippen molar-refractivity contribution in [2.45, 2.75) is 32.7 Å². The number of pyridine rings is 1. The predicted molar refractivity (Wildman–Crippen MR) is 173 cm³/mol. The lowest BCUT2D eigenvalue weighted by Crippen LogP contribution is -2.36. The quantitative estimate of drug-likeness (QED) is 0.242. The SMILES string of the molecule is COc1ccc(-n2nc(C)c3c2C=C2Oc4c(-c5ccc6c(=O)[nH]c(=O)n(Cc7ccco7)c6n5)c(O)c(C)c(O)c4C2(C)C3=O)cc1. The summed E-state index contributed by atoms with van der Waals surface area (Å²) >= 11 is 0. The number of aromatic amines is 1. The molecule has 0 fully saturated rings. The number of phenolic OH excluding ortho intramolecular Hbond substituents is 2. The fourth-order valence-electron chi connectivity index (χ4n) is 6.62. The van der Waals surface area contributed by atoms with Gasteiger partial charge in [-0.15, -0.1) is 0 Å². The zero-order valence-electron chi connectivity index (χ0n) is 26.1. The van der Waals surface area contributed by atoms with Gasteiger partial charge in [-0.2, -0.15) is 5.10 Å². The number of fused-ring (bicyclic) bond motifs is 5. The predicted octanol–water partition coefficient (Wildman–Crippen LogP) is 4.50. The lowest BCUT2D eigenvalue weighted by molar-refractivity contribution is 0.0905. The molecular weight excluding hydrogens is 618 g/mol. The molecule has 0 saturated heterocycles. The van der Waals surface area contributed by atoms with E-state index in [0.29, 0.717) is 34.1 Å². The molecule has 0 bridgehead atoms. The van der Waals surface area contributed by atoms with Crippen LogP contribution in [0, 0.1) is 13.8 Å². The van der Waals surface area contributed by atoms with Gasteiger partial charge in [-0.25, -0.2) is 14.5 Å². The summed E-state index contributed by atoms with van der Waals surface area (Å²) in [6, 6.07) is 13.6. The summed E-state index contributed by atoms with van der Waals surface area (Å²) in [5, 5.41) is 27.8. The average Bonchev–Trinajstić information content (AvgIpc) is 3.79. The Balaban J connectivity index is 1.34. The van der Waals surface area contributed by atoms with Crippen molar-refractivity contribution in [2.24, 2.45) is 0 Å². The van der Waals surface area contributed by atoms with Crippen LogP contribution in [0.2, 0.25) is 0 Å². The number of benzene rings is 2. The number of hydrogen-bond acceptors (Lipinski definition) is 10. The molecule has 1 unspecified atom stereocenters. The van der Waals surface area contributed by atoms with Crippen molar-refractivity contribution >= 4 is 22.9 Å². The van der Waals surface area contributed by atoms with Crippen LogP contribution in [0.5, 0.6) is 23.0 Å². The van der Waals surface area contributed by atoms with E-state index >= 15 is 0 Å². The largest absolute Gasteiger partial charge is 0.507 e. The summed E-state index contributed by atoms with van der Waals surface area (Å²) in [5.74, 6) is 0.381. The Hall–Kier alpha value is -6.37. The number of nitrogens with zero attached hydrogens (tertiary/aromatic N) is 4. The van der Waals surface area contributed by atoms with Gasteiger partial charge in [0.25, 0.3) is 5.56 Å². The summed E-state index contributed by atoms with van der Waals surface area (Å²) in [5.41, 5.74) is -0.248. The number of aromatic hydroxyl groups is 2. The van der Waals surface area contributed by atoms with E-state index in [9.17, 15) is 24.6 Å². The van der Waals surface area contributed by atoms with Gasteiger partial charge in [-0.1, -0.05) is 0 Å². The molecule has 0 amide bonds. The molecule has 5 heterocycles. The van der Waals surface area contributed by atoms with E-state index in [1.807, 2.05) is 12.1 Å². The fraction of sp³-hybridized carbons (Fsp3) is 0.171. The number of ether oxygens (including phenoxy) is 2. The Morgan fingerprint density at radius 2 is 1.77 bits per heavy atom. The van der Waals surface area contributed by atoms with Crippen LogP contribution in [-0.4, -0.2) is 47.4 Å². The van der Waals surface area contributed by atoms with Crippen molar-refractivity contribution in [1.29, 1.82) is 0 Å². The number of phenols is 2.